The second-order valence-corrected chi connectivity index (χ2v) is 6.00. The Bertz CT molecular complexity index is 393. The molecule has 1 aromatic heterocycles. The second kappa shape index (κ2) is 5.79. The number of hydrogen-bond donors (Lipinski definition) is 1. The van der Waals surface area contributed by atoms with Gasteiger partial charge in [-0.1, -0.05) is 19.8 Å². The van der Waals surface area contributed by atoms with Gasteiger partial charge in [-0.15, -0.1) is 0 Å². The standard InChI is InChI=1S/C15H25N3/c1-10-4-6-13(7-5-10)15-17-12(3)9-14(18-15)8-11(2)16/h9-11,13H,4-8,16H2,1-3H3. The molecule has 1 fully saturated rings. The maximum atomic E-state index is 5.86. The first kappa shape index (κ1) is 13.5. The number of aromatic nitrogens is 2. The highest BCUT2D eigenvalue weighted by atomic mass is 14.9. The molecule has 18 heavy (non-hydrogen) atoms. The number of aryl methyl sites for hydroxylation is 1. The normalized spacial score (nSPS) is 26.0. The van der Waals surface area contributed by atoms with E-state index in [2.05, 4.69) is 24.9 Å². The molecule has 100 valence electrons. The van der Waals surface area contributed by atoms with Crippen molar-refractivity contribution in [1.82, 2.24) is 9.97 Å². The average Bonchev–Trinajstić information content (AvgIpc) is 2.28. The molecule has 0 saturated heterocycles. The summed E-state index contributed by atoms with van der Waals surface area (Å²) >= 11 is 0. The van der Waals surface area contributed by atoms with E-state index in [4.69, 9.17) is 10.7 Å². The maximum absolute atomic E-state index is 5.86. The van der Waals surface area contributed by atoms with Crippen LogP contribution in [0.1, 0.15) is 62.7 Å². The number of hydrogen-bond acceptors (Lipinski definition) is 3. The smallest absolute Gasteiger partial charge is 0.131 e. The van der Waals surface area contributed by atoms with E-state index in [0.717, 1.165) is 29.6 Å². The van der Waals surface area contributed by atoms with Gasteiger partial charge in [0.2, 0.25) is 0 Å². The van der Waals surface area contributed by atoms with Crippen LogP contribution in [0.2, 0.25) is 0 Å². The van der Waals surface area contributed by atoms with Gasteiger partial charge >= 0.3 is 0 Å². The van der Waals surface area contributed by atoms with Gasteiger partial charge in [0.05, 0.1) is 0 Å². The Balaban J connectivity index is 2.14. The van der Waals surface area contributed by atoms with Crippen molar-refractivity contribution in [2.24, 2.45) is 11.7 Å². The van der Waals surface area contributed by atoms with Crippen molar-refractivity contribution in [2.75, 3.05) is 0 Å². The van der Waals surface area contributed by atoms with Crippen LogP contribution in [0, 0.1) is 12.8 Å². The van der Waals surface area contributed by atoms with Gasteiger partial charge in [-0.3, -0.25) is 0 Å². The summed E-state index contributed by atoms with van der Waals surface area (Å²) < 4.78 is 0. The van der Waals surface area contributed by atoms with Gasteiger partial charge in [-0.25, -0.2) is 9.97 Å². The largest absolute Gasteiger partial charge is 0.328 e. The molecule has 0 bridgehead atoms. The van der Waals surface area contributed by atoms with Crippen molar-refractivity contribution in [1.29, 1.82) is 0 Å². The van der Waals surface area contributed by atoms with Gasteiger partial charge in [0.25, 0.3) is 0 Å². The Morgan fingerprint density at radius 1 is 1.28 bits per heavy atom. The van der Waals surface area contributed by atoms with Crippen LogP contribution in [0.4, 0.5) is 0 Å². The molecule has 0 amide bonds. The fourth-order valence-corrected chi connectivity index (χ4v) is 2.79. The molecular weight excluding hydrogens is 222 g/mol. The number of nitrogens with zero attached hydrogens (tertiary/aromatic N) is 2. The van der Waals surface area contributed by atoms with Crippen molar-refractivity contribution >= 4 is 0 Å². The summed E-state index contributed by atoms with van der Waals surface area (Å²) in [6.45, 7) is 6.43. The SMILES string of the molecule is Cc1cc(CC(C)N)nc(C2CCC(C)CC2)n1. The quantitative estimate of drug-likeness (QED) is 0.893. The van der Waals surface area contributed by atoms with E-state index in [0.29, 0.717) is 5.92 Å². The molecule has 1 aromatic rings. The zero-order valence-electron chi connectivity index (χ0n) is 11.8. The molecule has 1 unspecified atom stereocenters. The number of nitrogens with two attached hydrogens (primary N) is 1. The third-order valence-corrected chi connectivity index (χ3v) is 3.84. The molecule has 1 aliphatic carbocycles. The molecule has 2 N–H and O–H groups in total. The summed E-state index contributed by atoms with van der Waals surface area (Å²) in [5, 5.41) is 0. The fourth-order valence-electron chi connectivity index (χ4n) is 2.79. The minimum atomic E-state index is 0.165. The molecule has 0 aliphatic heterocycles. The van der Waals surface area contributed by atoms with E-state index < -0.39 is 0 Å². The van der Waals surface area contributed by atoms with Crippen LogP contribution in [-0.2, 0) is 6.42 Å². The maximum Gasteiger partial charge on any atom is 0.131 e. The van der Waals surface area contributed by atoms with Gasteiger partial charge in [0.1, 0.15) is 5.82 Å². The predicted octanol–water partition coefficient (Wildman–Crippen LogP) is 2.97. The van der Waals surface area contributed by atoms with Gasteiger partial charge < -0.3 is 5.73 Å². The monoisotopic (exact) mass is 247 g/mol. The first-order chi connectivity index (χ1) is 8.54. The minimum Gasteiger partial charge on any atom is -0.328 e. The highest BCUT2D eigenvalue weighted by Gasteiger charge is 2.22. The third-order valence-electron chi connectivity index (χ3n) is 3.84. The zero-order valence-corrected chi connectivity index (χ0v) is 11.8. The summed E-state index contributed by atoms with van der Waals surface area (Å²) in [6, 6.07) is 2.23. The second-order valence-electron chi connectivity index (χ2n) is 6.00. The van der Waals surface area contributed by atoms with E-state index in [1.54, 1.807) is 0 Å². The Kier molecular flexibility index (Phi) is 4.33. The molecule has 3 heteroatoms. The van der Waals surface area contributed by atoms with Crippen LogP contribution >= 0.6 is 0 Å². The molecule has 3 nitrogen and oxygen atoms in total. The molecule has 0 aromatic carbocycles. The molecule has 1 saturated carbocycles. The minimum absolute atomic E-state index is 0.165. The molecule has 0 spiro atoms. The van der Waals surface area contributed by atoms with Crippen molar-refractivity contribution in [2.45, 2.75) is 64.8 Å². The molecule has 1 aliphatic rings. The lowest BCUT2D eigenvalue weighted by molar-refractivity contribution is 0.339. The first-order valence-corrected chi connectivity index (χ1v) is 7.14. The van der Waals surface area contributed by atoms with Crippen LogP contribution in [0.25, 0.3) is 0 Å². The lowest BCUT2D eigenvalue weighted by Crippen LogP contribution is -2.20. The van der Waals surface area contributed by atoms with E-state index in [9.17, 15) is 0 Å². The van der Waals surface area contributed by atoms with Gasteiger partial charge in [0, 0.05) is 29.8 Å². The predicted molar refractivity (Wildman–Crippen MR) is 74.5 cm³/mol. The van der Waals surface area contributed by atoms with Crippen LogP contribution in [0.5, 0.6) is 0 Å². The van der Waals surface area contributed by atoms with Gasteiger partial charge in [0.15, 0.2) is 0 Å². The molecule has 2 rings (SSSR count). The molecule has 0 radical (unpaired) electrons. The van der Waals surface area contributed by atoms with Crippen molar-refractivity contribution in [3.63, 3.8) is 0 Å². The van der Waals surface area contributed by atoms with E-state index in [1.165, 1.54) is 25.7 Å². The van der Waals surface area contributed by atoms with Crippen molar-refractivity contribution in [3.8, 4) is 0 Å². The van der Waals surface area contributed by atoms with Crippen LogP contribution in [0.15, 0.2) is 6.07 Å². The lowest BCUT2D eigenvalue weighted by Gasteiger charge is -2.25. The Morgan fingerprint density at radius 3 is 2.56 bits per heavy atom. The molecule has 1 heterocycles. The van der Waals surface area contributed by atoms with Crippen LogP contribution in [-0.4, -0.2) is 16.0 Å². The van der Waals surface area contributed by atoms with Crippen LogP contribution < -0.4 is 5.73 Å². The molecule has 1 atom stereocenters. The summed E-state index contributed by atoms with van der Waals surface area (Å²) in [6.07, 6.45) is 5.94. The average molecular weight is 247 g/mol. The number of rotatable bonds is 3. The topological polar surface area (TPSA) is 51.8 Å². The van der Waals surface area contributed by atoms with Gasteiger partial charge in [-0.2, -0.15) is 0 Å². The van der Waals surface area contributed by atoms with Gasteiger partial charge in [-0.05, 0) is 38.7 Å². The van der Waals surface area contributed by atoms with E-state index in [-0.39, 0.29) is 6.04 Å². The first-order valence-electron chi connectivity index (χ1n) is 7.14. The van der Waals surface area contributed by atoms with Crippen LogP contribution in [0.3, 0.4) is 0 Å². The Morgan fingerprint density at radius 2 is 1.94 bits per heavy atom. The van der Waals surface area contributed by atoms with E-state index in [1.807, 2.05) is 6.92 Å². The van der Waals surface area contributed by atoms with Crippen molar-refractivity contribution < 1.29 is 0 Å². The summed E-state index contributed by atoms with van der Waals surface area (Å²) in [7, 11) is 0. The highest BCUT2D eigenvalue weighted by molar-refractivity contribution is 5.13. The lowest BCUT2D eigenvalue weighted by atomic mass is 9.82. The summed E-state index contributed by atoms with van der Waals surface area (Å²) in [5.41, 5.74) is 8.04. The van der Waals surface area contributed by atoms with E-state index >= 15 is 0 Å². The van der Waals surface area contributed by atoms with Crippen molar-refractivity contribution in [3.05, 3.63) is 23.3 Å². The Hall–Kier alpha value is -0.960. The zero-order chi connectivity index (χ0) is 13.1. The molecular formula is C15H25N3. The Labute approximate surface area is 110 Å². The highest BCUT2D eigenvalue weighted by Crippen LogP contribution is 2.34. The summed E-state index contributed by atoms with van der Waals surface area (Å²) in [5.74, 6) is 2.49. The third kappa shape index (κ3) is 3.52. The summed E-state index contributed by atoms with van der Waals surface area (Å²) in [4.78, 5) is 9.37. The fraction of sp³-hybridized carbons (Fsp3) is 0.733.